The van der Waals surface area contributed by atoms with Gasteiger partial charge in [-0.05, 0) is 49.2 Å². The molecule has 2 heterocycles. The van der Waals surface area contributed by atoms with E-state index in [2.05, 4.69) is 23.0 Å². The summed E-state index contributed by atoms with van der Waals surface area (Å²) in [5, 5.41) is 2.90. The van der Waals surface area contributed by atoms with Gasteiger partial charge in [-0.3, -0.25) is 9.59 Å². The summed E-state index contributed by atoms with van der Waals surface area (Å²) in [5.74, 6) is 0. The Bertz CT molecular complexity index is 1530. The van der Waals surface area contributed by atoms with Crippen molar-refractivity contribution in [2.45, 2.75) is 78.3 Å². The highest BCUT2D eigenvalue weighted by atomic mass is 16.1. The quantitative estimate of drug-likeness (QED) is 0.151. The molecular formula is C32H36N2O2. The maximum Gasteiger partial charge on any atom is 0.197 e. The minimum atomic E-state index is 0.0467. The van der Waals surface area contributed by atoms with Gasteiger partial charge in [-0.25, -0.2) is 0 Å². The Morgan fingerprint density at radius 1 is 0.500 bits per heavy atom. The average molecular weight is 481 g/mol. The fourth-order valence-electron chi connectivity index (χ4n) is 5.61. The lowest BCUT2D eigenvalue weighted by atomic mass is 10.0. The molecule has 0 aliphatic heterocycles. The molecule has 4 heteroatoms. The van der Waals surface area contributed by atoms with Crippen LogP contribution in [0.3, 0.4) is 0 Å². The first-order valence-corrected chi connectivity index (χ1v) is 13.7. The van der Waals surface area contributed by atoms with Crippen LogP contribution in [0.5, 0.6) is 0 Å². The normalized spacial score (nSPS) is 11.8. The average Bonchev–Trinajstić information content (AvgIpc) is 2.91. The molecule has 0 fully saturated rings. The highest BCUT2D eigenvalue weighted by molar-refractivity contribution is 6.03. The molecule has 0 aliphatic rings. The zero-order valence-corrected chi connectivity index (χ0v) is 21.6. The van der Waals surface area contributed by atoms with Crippen LogP contribution in [0.2, 0.25) is 0 Å². The molecular weight excluding hydrogens is 444 g/mol. The Morgan fingerprint density at radius 2 is 0.917 bits per heavy atom. The molecule has 2 aromatic heterocycles. The van der Waals surface area contributed by atoms with Crippen molar-refractivity contribution in [2.24, 2.45) is 0 Å². The van der Waals surface area contributed by atoms with E-state index in [-0.39, 0.29) is 10.9 Å². The van der Waals surface area contributed by atoms with Crippen molar-refractivity contribution < 1.29 is 0 Å². The number of hydrogen-bond donors (Lipinski definition) is 0. The Labute approximate surface area is 212 Å². The fourth-order valence-corrected chi connectivity index (χ4v) is 5.61. The highest BCUT2D eigenvalue weighted by Gasteiger charge is 2.16. The molecule has 186 valence electrons. The van der Waals surface area contributed by atoms with Crippen molar-refractivity contribution in [2.75, 3.05) is 0 Å². The minimum absolute atomic E-state index is 0.0467. The number of unbranched alkanes of at least 4 members (excludes halogenated alkanes) is 6. The van der Waals surface area contributed by atoms with E-state index in [4.69, 9.17) is 0 Å². The largest absolute Gasteiger partial charge is 0.340 e. The zero-order chi connectivity index (χ0) is 25.1. The molecule has 5 rings (SSSR count). The number of hydrogen-bond acceptors (Lipinski definition) is 2. The summed E-state index contributed by atoms with van der Waals surface area (Å²) in [4.78, 5) is 27.4. The van der Waals surface area contributed by atoms with Crippen molar-refractivity contribution in [3.63, 3.8) is 0 Å². The number of fused-ring (bicyclic) bond motifs is 4. The summed E-state index contributed by atoms with van der Waals surface area (Å²) < 4.78 is 4.53. The predicted molar refractivity (Wildman–Crippen MR) is 153 cm³/mol. The van der Waals surface area contributed by atoms with Gasteiger partial charge in [0, 0.05) is 34.6 Å². The van der Waals surface area contributed by atoms with Crippen molar-refractivity contribution in [1.82, 2.24) is 9.13 Å². The minimum Gasteiger partial charge on any atom is -0.340 e. The molecule has 0 saturated carbocycles. The number of para-hydroxylation sites is 2. The maximum atomic E-state index is 13.7. The summed E-state index contributed by atoms with van der Waals surface area (Å²) in [5.41, 5.74) is 3.73. The second-order valence-corrected chi connectivity index (χ2v) is 10.0. The summed E-state index contributed by atoms with van der Waals surface area (Å²) in [6, 6.07) is 19.8. The van der Waals surface area contributed by atoms with E-state index in [0.29, 0.717) is 10.8 Å². The van der Waals surface area contributed by atoms with Crippen LogP contribution >= 0.6 is 0 Å². The first-order chi connectivity index (χ1) is 17.7. The number of aryl methyl sites for hydroxylation is 2. The summed E-state index contributed by atoms with van der Waals surface area (Å²) in [7, 11) is 0. The van der Waals surface area contributed by atoms with Gasteiger partial charge in [0.2, 0.25) is 0 Å². The Kier molecular flexibility index (Phi) is 7.22. The Morgan fingerprint density at radius 3 is 1.33 bits per heavy atom. The van der Waals surface area contributed by atoms with Gasteiger partial charge in [0.1, 0.15) is 0 Å². The topological polar surface area (TPSA) is 44.0 Å². The van der Waals surface area contributed by atoms with Crippen molar-refractivity contribution >= 4 is 43.6 Å². The lowest BCUT2D eigenvalue weighted by Crippen LogP contribution is -2.16. The molecule has 0 bridgehead atoms. The molecule has 0 unspecified atom stereocenters. The van der Waals surface area contributed by atoms with E-state index in [1.54, 1.807) is 0 Å². The van der Waals surface area contributed by atoms with Crippen LogP contribution in [0.15, 0.2) is 70.3 Å². The number of aromatic nitrogens is 2. The van der Waals surface area contributed by atoms with Crippen LogP contribution in [0.4, 0.5) is 0 Å². The molecule has 4 nitrogen and oxygen atoms in total. The van der Waals surface area contributed by atoms with E-state index in [1.807, 2.05) is 60.7 Å². The molecule has 0 atom stereocenters. The standard InChI is InChI=1S/C32H36N2O2/c1-3-5-7-13-19-33-27-17-11-9-15-23(27)31(35)25-22-30-26(21-29(25)33)32(36)24-16-10-12-18-28(24)34(30)20-14-8-6-4-2/h9-12,15-18,21-22H,3-8,13-14,19-20H2,1-2H3. The van der Waals surface area contributed by atoms with Crippen molar-refractivity contribution in [3.8, 4) is 0 Å². The van der Waals surface area contributed by atoms with E-state index >= 15 is 0 Å². The van der Waals surface area contributed by atoms with Crippen LogP contribution in [-0.4, -0.2) is 9.13 Å². The lowest BCUT2D eigenvalue weighted by molar-refractivity contribution is 0.600. The first kappa shape index (κ1) is 24.3. The van der Waals surface area contributed by atoms with Crippen LogP contribution in [0.1, 0.15) is 65.2 Å². The molecule has 0 aliphatic carbocycles. The SMILES string of the molecule is CCCCCCn1c2ccccc2c(=O)c2cc3c(cc21)c(=O)c1ccccc1n3CCCCCC. The zero-order valence-electron chi connectivity index (χ0n) is 21.6. The maximum absolute atomic E-state index is 13.7. The summed E-state index contributed by atoms with van der Waals surface area (Å²) in [6.07, 6.45) is 9.17. The van der Waals surface area contributed by atoms with Gasteiger partial charge in [-0.15, -0.1) is 0 Å². The molecule has 3 aromatic carbocycles. The van der Waals surface area contributed by atoms with Gasteiger partial charge in [-0.2, -0.15) is 0 Å². The number of rotatable bonds is 10. The third-order valence-corrected chi connectivity index (χ3v) is 7.53. The third-order valence-electron chi connectivity index (χ3n) is 7.53. The lowest BCUT2D eigenvalue weighted by Gasteiger charge is -2.19. The van der Waals surface area contributed by atoms with Gasteiger partial charge in [0.15, 0.2) is 10.9 Å². The van der Waals surface area contributed by atoms with E-state index < -0.39 is 0 Å². The second kappa shape index (κ2) is 10.7. The van der Waals surface area contributed by atoms with Gasteiger partial charge >= 0.3 is 0 Å². The third kappa shape index (κ3) is 4.34. The Balaban J connectivity index is 1.82. The van der Waals surface area contributed by atoms with Crippen molar-refractivity contribution in [1.29, 1.82) is 0 Å². The summed E-state index contributed by atoms with van der Waals surface area (Å²) in [6.45, 7) is 6.10. The monoisotopic (exact) mass is 480 g/mol. The van der Waals surface area contributed by atoms with Crippen molar-refractivity contribution in [3.05, 3.63) is 81.1 Å². The molecule has 0 amide bonds. The van der Waals surface area contributed by atoms with Crippen LogP contribution in [0.25, 0.3) is 43.6 Å². The highest BCUT2D eigenvalue weighted by Crippen LogP contribution is 2.27. The van der Waals surface area contributed by atoms with Gasteiger partial charge < -0.3 is 9.13 Å². The smallest absolute Gasteiger partial charge is 0.197 e. The van der Waals surface area contributed by atoms with Gasteiger partial charge in [0.05, 0.1) is 22.1 Å². The summed E-state index contributed by atoms with van der Waals surface area (Å²) >= 11 is 0. The number of benzene rings is 3. The molecule has 5 aromatic rings. The van der Waals surface area contributed by atoms with E-state index in [1.165, 1.54) is 25.7 Å². The van der Waals surface area contributed by atoms with Gasteiger partial charge in [-0.1, -0.05) is 76.6 Å². The first-order valence-electron chi connectivity index (χ1n) is 13.7. The molecule has 36 heavy (non-hydrogen) atoms. The predicted octanol–water partition coefficient (Wildman–Crippen LogP) is 7.78. The van der Waals surface area contributed by atoms with Crippen LogP contribution < -0.4 is 10.9 Å². The Hall–Kier alpha value is -3.40. The van der Waals surface area contributed by atoms with E-state index in [9.17, 15) is 9.59 Å². The van der Waals surface area contributed by atoms with Crippen LogP contribution in [0, 0.1) is 0 Å². The molecule has 0 saturated heterocycles. The molecule has 0 radical (unpaired) electrons. The molecule has 0 N–H and O–H groups in total. The number of pyridine rings is 2. The van der Waals surface area contributed by atoms with Gasteiger partial charge in [0.25, 0.3) is 0 Å². The second-order valence-electron chi connectivity index (χ2n) is 10.0. The van der Waals surface area contributed by atoms with E-state index in [0.717, 1.165) is 71.6 Å². The molecule has 0 spiro atoms. The fraction of sp³-hybridized carbons (Fsp3) is 0.375. The number of nitrogens with zero attached hydrogens (tertiary/aromatic N) is 2. The van der Waals surface area contributed by atoms with Crippen LogP contribution in [-0.2, 0) is 13.1 Å².